The first-order chi connectivity index (χ1) is 14.8. The summed E-state index contributed by atoms with van der Waals surface area (Å²) in [5, 5.41) is 0.771. The molecule has 0 saturated carbocycles. The van der Waals surface area contributed by atoms with Gasteiger partial charge in [0.15, 0.2) is 0 Å². The second kappa shape index (κ2) is 7.55. The molecule has 3 saturated heterocycles. The molecule has 3 aliphatic heterocycles. The van der Waals surface area contributed by atoms with Gasteiger partial charge in [-0.3, -0.25) is 14.3 Å². The first kappa shape index (κ1) is 20.4. The number of nitrogens with one attached hydrogen (secondary N) is 1. The highest BCUT2D eigenvalue weighted by atomic mass is 32.2. The van der Waals surface area contributed by atoms with Crippen LogP contribution >= 0.6 is 0 Å². The second-order valence-corrected chi connectivity index (χ2v) is 11.0. The van der Waals surface area contributed by atoms with Crippen molar-refractivity contribution in [1.29, 1.82) is 0 Å². The maximum Gasteiger partial charge on any atom is 0.242 e. The van der Waals surface area contributed by atoms with E-state index in [4.69, 9.17) is 0 Å². The van der Waals surface area contributed by atoms with Crippen LogP contribution in [-0.2, 0) is 26.2 Å². The predicted octanol–water partition coefficient (Wildman–Crippen LogP) is 1.87. The molecule has 4 heterocycles. The number of benzene rings is 1. The van der Waals surface area contributed by atoms with Crippen LogP contribution in [0, 0.1) is 11.8 Å². The average molecular weight is 445 g/mol. The van der Waals surface area contributed by atoms with E-state index in [1.807, 2.05) is 27.8 Å². The van der Waals surface area contributed by atoms with Gasteiger partial charge >= 0.3 is 0 Å². The molecule has 1 aromatic carbocycles. The van der Waals surface area contributed by atoms with E-state index in [9.17, 15) is 18.0 Å². The number of hydrogen-bond acceptors (Lipinski definition) is 4. The Morgan fingerprint density at radius 2 is 2.03 bits per heavy atom. The van der Waals surface area contributed by atoms with E-state index in [1.54, 1.807) is 12.1 Å². The van der Waals surface area contributed by atoms with Crippen molar-refractivity contribution in [1.82, 2.24) is 14.4 Å². The van der Waals surface area contributed by atoms with Crippen LogP contribution in [0.2, 0.25) is 0 Å². The molecule has 3 unspecified atom stereocenters. The van der Waals surface area contributed by atoms with Crippen molar-refractivity contribution in [2.45, 2.75) is 38.3 Å². The number of rotatable bonds is 4. The van der Waals surface area contributed by atoms with Crippen molar-refractivity contribution in [2.24, 2.45) is 11.8 Å². The van der Waals surface area contributed by atoms with Crippen LogP contribution < -0.4 is 4.72 Å². The second-order valence-electron chi connectivity index (χ2n) is 9.22. The molecule has 5 rings (SSSR count). The van der Waals surface area contributed by atoms with Crippen molar-refractivity contribution in [3.8, 4) is 0 Å². The zero-order chi connectivity index (χ0) is 21.8. The van der Waals surface area contributed by atoms with Crippen LogP contribution in [0.4, 0.5) is 5.69 Å². The van der Waals surface area contributed by atoms with Gasteiger partial charge in [-0.1, -0.05) is 6.07 Å². The number of anilines is 1. The van der Waals surface area contributed by atoms with Crippen molar-refractivity contribution < 1.29 is 18.0 Å². The Kier molecular flexibility index (Phi) is 4.96. The molecule has 0 aliphatic carbocycles. The molecule has 3 atom stereocenters. The summed E-state index contributed by atoms with van der Waals surface area (Å²) in [6.07, 6.45) is 6.72. The van der Waals surface area contributed by atoms with Gasteiger partial charge in [0.05, 0.1) is 17.5 Å². The number of fused-ring (bicyclic) bond motifs is 5. The Morgan fingerprint density at radius 1 is 1.19 bits per heavy atom. The summed E-state index contributed by atoms with van der Waals surface area (Å²) in [6, 6.07) is 7.53. The van der Waals surface area contributed by atoms with Gasteiger partial charge in [0.1, 0.15) is 6.54 Å². The van der Waals surface area contributed by atoms with Gasteiger partial charge in [-0.15, -0.1) is 0 Å². The minimum atomic E-state index is -3.38. The zero-order valence-electron chi connectivity index (χ0n) is 17.7. The summed E-state index contributed by atoms with van der Waals surface area (Å²) < 4.78 is 27.7. The Morgan fingerprint density at radius 3 is 2.84 bits per heavy atom. The molecule has 166 valence electrons. The van der Waals surface area contributed by atoms with Gasteiger partial charge in [-0.05, 0) is 49.3 Å². The number of nitrogens with zero attached hydrogens (tertiary/aromatic N) is 3. The topological polar surface area (TPSA) is 91.7 Å². The van der Waals surface area contributed by atoms with Crippen LogP contribution in [0.15, 0.2) is 30.5 Å². The Balaban J connectivity index is 1.33. The van der Waals surface area contributed by atoms with E-state index in [2.05, 4.69) is 9.62 Å². The fraction of sp³-hybridized carbons (Fsp3) is 0.545. The molecular formula is C22H28N4O4S. The molecule has 2 amide bonds. The third-order valence-corrected chi connectivity index (χ3v) is 7.54. The highest BCUT2D eigenvalue weighted by Crippen LogP contribution is 2.38. The molecule has 3 fully saturated rings. The Hall–Kier alpha value is -2.55. The lowest BCUT2D eigenvalue weighted by molar-refractivity contribution is -0.148. The number of amides is 2. The molecule has 9 heteroatoms. The Bertz CT molecular complexity index is 1140. The van der Waals surface area contributed by atoms with Crippen LogP contribution in [0.3, 0.4) is 0 Å². The minimum absolute atomic E-state index is 0.0734. The number of carbonyl (C=O) groups excluding carboxylic acids is 2. The third kappa shape index (κ3) is 3.91. The van der Waals surface area contributed by atoms with Gasteiger partial charge in [0.2, 0.25) is 21.8 Å². The monoisotopic (exact) mass is 444 g/mol. The summed E-state index contributed by atoms with van der Waals surface area (Å²) in [5.74, 6) is 1.08. The maximum atomic E-state index is 13.2. The molecule has 1 aromatic heterocycles. The van der Waals surface area contributed by atoms with Gasteiger partial charge < -0.3 is 14.4 Å². The van der Waals surface area contributed by atoms with Crippen LogP contribution in [-0.4, -0.2) is 66.5 Å². The summed E-state index contributed by atoms with van der Waals surface area (Å²) >= 11 is 0. The van der Waals surface area contributed by atoms with E-state index >= 15 is 0 Å². The first-order valence-electron chi connectivity index (χ1n) is 10.9. The normalized spacial score (nSPS) is 26.1. The van der Waals surface area contributed by atoms with E-state index in [1.165, 1.54) is 0 Å². The molecule has 2 bridgehead atoms. The molecule has 0 spiro atoms. The average Bonchev–Trinajstić information content (AvgIpc) is 3.11. The van der Waals surface area contributed by atoms with Crippen molar-refractivity contribution in [3.05, 3.63) is 30.5 Å². The minimum Gasteiger partial charge on any atom is -0.340 e. The molecule has 0 radical (unpaired) electrons. The largest absolute Gasteiger partial charge is 0.340 e. The lowest BCUT2D eigenvalue weighted by Crippen LogP contribution is -2.61. The van der Waals surface area contributed by atoms with Crippen LogP contribution in [0.1, 0.15) is 25.7 Å². The smallest absolute Gasteiger partial charge is 0.242 e. The van der Waals surface area contributed by atoms with Crippen molar-refractivity contribution in [3.63, 3.8) is 0 Å². The van der Waals surface area contributed by atoms with Gasteiger partial charge in [-0.25, -0.2) is 8.42 Å². The fourth-order valence-corrected chi connectivity index (χ4v) is 6.29. The first-order valence-corrected chi connectivity index (χ1v) is 12.8. The highest BCUT2D eigenvalue weighted by molar-refractivity contribution is 7.92. The van der Waals surface area contributed by atoms with Gasteiger partial charge in [0, 0.05) is 43.7 Å². The SMILES string of the molecule is CS(=O)(=O)Nc1cccc2c1ccn2CC(=O)N1CC2CC(C1)C1CCCC(=O)N1C2. The molecule has 3 aliphatic rings. The molecule has 8 nitrogen and oxygen atoms in total. The number of piperidine rings is 3. The summed E-state index contributed by atoms with van der Waals surface area (Å²) in [6.45, 7) is 2.41. The zero-order valence-corrected chi connectivity index (χ0v) is 18.5. The number of carbonyl (C=O) groups is 2. The highest BCUT2D eigenvalue weighted by Gasteiger charge is 2.44. The van der Waals surface area contributed by atoms with E-state index in [0.717, 1.165) is 43.0 Å². The lowest BCUT2D eigenvalue weighted by atomic mass is 9.76. The predicted molar refractivity (Wildman–Crippen MR) is 118 cm³/mol. The van der Waals surface area contributed by atoms with Crippen LogP contribution in [0.5, 0.6) is 0 Å². The lowest BCUT2D eigenvalue weighted by Gasteiger charge is -2.52. The van der Waals surface area contributed by atoms with Crippen molar-refractivity contribution >= 4 is 38.4 Å². The maximum absolute atomic E-state index is 13.2. The Labute approximate surface area is 182 Å². The standard InChI is InChI=1S/C22H28N4O4S/c1-31(29,30)23-18-4-2-6-20-17(18)8-9-24(20)14-22(28)25-11-15-10-16(13-25)19-5-3-7-21(27)26(19)12-15/h2,4,6,8-9,15-16,19,23H,3,5,7,10-14H2,1H3. The molecular weight excluding hydrogens is 416 g/mol. The summed E-state index contributed by atoms with van der Waals surface area (Å²) in [5.41, 5.74) is 1.34. The van der Waals surface area contributed by atoms with Crippen LogP contribution in [0.25, 0.3) is 10.9 Å². The van der Waals surface area contributed by atoms with E-state index in [-0.39, 0.29) is 24.4 Å². The third-order valence-electron chi connectivity index (χ3n) is 6.95. The molecule has 2 aromatic rings. The fourth-order valence-electron chi connectivity index (χ4n) is 5.71. The molecule has 31 heavy (non-hydrogen) atoms. The molecule has 1 N–H and O–H groups in total. The van der Waals surface area contributed by atoms with E-state index in [0.29, 0.717) is 37.0 Å². The number of hydrogen-bond donors (Lipinski definition) is 1. The number of aromatic nitrogens is 1. The summed E-state index contributed by atoms with van der Waals surface area (Å²) in [4.78, 5) is 29.6. The number of sulfonamides is 1. The van der Waals surface area contributed by atoms with Gasteiger partial charge in [-0.2, -0.15) is 0 Å². The summed E-state index contributed by atoms with van der Waals surface area (Å²) in [7, 11) is -3.38. The quantitative estimate of drug-likeness (QED) is 0.779. The number of likely N-dealkylation sites (tertiary alicyclic amines) is 1. The van der Waals surface area contributed by atoms with Crippen molar-refractivity contribution in [2.75, 3.05) is 30.6 Å². The van der Waals surface area contributed by atoms with Gasteiger partial charge in [0.25, 0.3) is 0 Å². The van der Waals surface area contributed by atoms with E-state index < -0.39 is 10.0 Å².